The maximum Gasteiger partial charge on any atom is 0.694 e. The first-order valence-corrected chi connectivity index (χ1v) is 14.3. The van der Waals surface area contributed by atoms with E-state index in [4.69, 9.17) is 18.9 Å². The van der Waals surface area contributed by atoms with Crippen molar-refractivity contribution in [2.75, 3.05) is 19.8 Å². The summed E-state index contributed by atoms with van der Waals surface area (Å²) in [4.78, 5) is 8.71. The molecule has 1 N–H and O–H groups in total. The Balaban J connectivity index is 4.01. The molecule has 0 aliphatic rings. The van der Waals surface area contributed by atoms with Crippen LogP contribution in [0.2, 0.25) is 0 Å². The van der Waals surface area contributed by atoms with Crippen LogP contribution in [0.5, 0.6) is 0 Å². The predicted octanol–water partition coefficient (Wildman–Crippen LogP) is 8.11. The molecule has 0 amide bonds. The molecule has 0 aromatic heterocycles. The van der Waals surface area contributed by atoms with E-state index in [2.05, 4.69) is 20.8 Å². The second-order valence-electron chi connectivity index (χ2n) is 8.79. The summed E-state index contributed by atoms with van der Waals surface area (Å²) in [5.41, 5.74) is 0. The average molecular weight is 464 g/mol. The van der Waals surface area contributed by atoms with Crippen LogP contribution >= 0.6 is 8.25 Å². The van der Waals surface area contributed by atoms with Crippen molar-refractivity contribution in [1.29, 1.82) is 0 Å². The molecule has 31 heavy (non-hydrogen) atoms. The molecule has 0 rings (SSSR count). The van der Waals surface area contributed by atoms with Crippen LogP contribution in [0.25, 0.3) is 0 Å². The molecule has 0 aromatic carbocycles. The third-order valence-electron chi connectivity index (χ3n) is 5.82. The Morgan fingerprint density at radius 1 is 0.645 bits per heavy atom. The van der Waals surface area contributed by atoms with E-state index >= 15 is 0 Å². The molecule has 6 heteroatoms. The van der Waals surface area contributed by atoms with Crippen LogP contribution in [0.15, 0.2) is 0 Å². The van der Waals surface area contributed by atoms with E-state index in [1.165, 1.54) is 89.9 Å². The van der Waals surface area contributed by atoms with Gasteiger partial charge in [-0.15, -0.1) is 9.42 Å². The lowest BCUT2D eigenvalue weighted by Gasteiger charge is -2.25. The molecule has 0 aliphatic carbocycles. The maximum atomic E-state index is 10.6. The van der Waals surface area contributed by atoms with Gasteiger partial charge in [0.05, 0.1) is 12.2 Å². The van der Waals surface area contributed by atoms with Gasteiger partial charge in [-0.1, -0.05) is 104 Å². The van der Waals surface area contributed by atoms with Gasteiger partial charge in [0.2, 0.25) is 0 Å². The quantitative estimate of drug-likeness (QED) is 0.109. The lowest BCUT2D eigenvalue weighted by Crippen LogP contribution is -2.30. The number of unbranched alkanes of at least 4 members (excludes halogenated alkanes) is 13. The molecule has 2 unspecified atom stereocenters. The molecule has 0 bridgehead atoms. The molecule has 0 saturated heterocycles. The van der Waals surface area contributed by atoms with Gasteiger partial charge in [-0.05, 0) is 26.2 Å². The number of ether oxygens (including phenoxy) is 2. The second kappa shape index (κ2) is 24.6. The van der Waals surface area contributed by atoms with E-state index in [9.17, 15) is 4.57 Å². The van der Waals surface area contributed by atoms with Crippen LogP contribution in [0.4, 0.5) is 0 Å². The van der Waals surface area contributed by atoms with Gasteiger partial charge in [0.15, 0.2) is 0 Å². The van der Waals surface area contributed by atoms with E-state index in [1.54, 1.807) is 0 Å². The van der Waals surface area contributed by atoms with E-state index in [1.807, 2.05) is 0 Å². The average Bonchev–Trinajstić information content (AvgIpc) is 2.75. The van der Waals surface area contributed by atoms with Crippen LogP contribution in [0.3, 0.4) is 0 Å². The summed E-state index contributed by atoms with van der Waals surface area (Å²) in [5.74, 6) is 0. The molecular weight excluding hydrogens is 411 g/mol. The van der Waals surface area contributed by atoms with Crippen molar-refractivity contribution >= 4 is 8.25 Å². The molecule has 0 radical (unpaired) electrons. The van der Waals surface area contributed by atoms with Gasteiger partial charge >= 0.3 is 8.25 Å². The third kappa shape index (κ3) is 22.9. The third-order valence-corrected chi connectivity index (χ3v) is 6.22. The van der Waals surface area contributed by atoms with Gasteiger partial charge in [-0.3, -0.25) is 0 Å². The van der Waals surface area contributed by atoms with Crippen LogP contribution in [0, 0.1) is 0 Å². The predicted molar refractivity (Wildman–Crippen MR) is 131 cm³/mol. The largest absolute Gasteiger partial charge is 0.694 e. The lowest BCUT2D eigenvalue weighted by atomic mass is 10.0. The van der Waals surface area contributed by atoms with Gasteiger partial charge in [-0.2, -0.15) is 0 Å². The van der Waals surface area contributed by atoms with Gasteiger partial charge in [-0.25, -0.2) is 0 Å². The molecule has 5 nitrogen and oxygen atoms in total. The monoisotopic (exact) mass is 463 g/mol. The SMILES string of the molecule is CCCCCCCCCCO[C@@H](C)C(CCCCCCCCC)OCCCO[P+](=O)O. The van der Waals surface area contributed by atoms with Gasteiger partial charge < -0.3 is 9.47 Å². The fraction of sp³-hybridized carbons (Fsp3) is 1.00. The summed E-state index contributed by atoms with van der Waals surface area (Å²) in [6, 6.07) is 0. The second-order valence-corrected chi connectivity index (χ2v) is 9.53. The fourth-order valence-electron chi connectivity index (χ4n) is 3.80. The summed E-state index contributed by atoms with van der Waals surface area (Å²) in [6.07, 6.45) is 21.3. The van der Waals surface area contributed by atoms with Gasteiger partial charge in [0.1, 0.15) is 6.61 Å². The van der Waals surface area contributed by atoms with Crippen molar-refractivity contribution in [2.24, 2.45) is 0 Å². The Bertz CT molecular complexity index is 381. The molecule has 0 heterocycles. The number of hydrogen-bond donors (Lipinski definition) is 1. The van der Waals surface area contributed by atoms with Crippen molar-refractivity contribution in [2.45, 2.75) is 142 Å². The smallest absolute Gasteiger partial charge is 0.376 e. The highest BCUT2D eigenvalue weighted by atomic mass is 31.1. The molecular formula is C25H52O5P+. The summed E-state index contributed by atoms with van der Waals surface area (Å²) in [6.45, 7) is 8.23. The molecule has 0 aliphatic heterocycles. The molecule has 0 saturated carbocycles. The number of hydrogen-bond acceptors (Lipinski definition) is 4. The fourth-order valence-corrected chi connectivity index (χ4v) is 4.09. The van der Waals surface area contributed by atoms with Crippen molar-refractivity contribution in [3.63, 3.8) is 0 Å². The number of rotatable bonds is 25. The minimum absolute atomic E-state index is 0.0834. The first-order chi connectivity index (χ1) is 15.1. The van der Waals surface area contributed by atoms with Crippen LogP contribution < -0.4 is 0 Å². The highest BCUT2D eigenvalue weighted by Gasteiger charge is 2.19. The maximum absolute atomic E-state index is 10.6. The zero-order valence-electron chi connectivity index (χ0n) is 20.8. The van der Waals surface area contributed by atoms with E-state index in [0.29, 0.717) is 13.0 Å². The standard InChI is InChI=1S/C25H51O5P/c1-4-6-8-10-12-14-16-18-21-28-24(3)25(29-22-19-23-30-31(26)27)20-17-15-13-11-9-7-5-2/h24-25H,4-23H2,1-3H3/p+1/t24-,25?/m0/s1. The molecule has 0 spiro atoms. The van der Waals surface area contributed by atoms with Crippen LogP contribution in [-0.2, 0) is 18.6 Å². The summed E-state index contributed by atoms with van der Waals surface area (Å²) in [7, 11) is -2.51. The Morgan fingerprint density at radius 3 is 1.68 bits per heavy atom. The Kier molecular flexibility index (Phi) is 24.5. The zero-order valence-corrected chi connectivity index (χ0v) is 21.7. The Morgan fingerprint density at radius 2 is 1.13 bits per heavy atom. The Labute approximate surface area is 194 Å². The van der Waals surface area contributed by atoms with Gasteiger partial charge in [0, 0.05) is 17.8 Å². The van der Waals surface area contributed by atoms with Crippen molar-refractivity contribution in [3.05, 3.63) is 0 Å². The van der Waals surface area contributed by atoms with Crippen LogP contribution in [0.1, 0.15) is 130 Å². The zero-order chi connectivity index (χ0) is 23.0. The highest BCUT2D eigenvalue weighted by molar-refractivity contribution is 7.32. The first kappa shape index (κ1) is 30.9. The normalized spacial score (nSPS) is 14.0. The van der Waals surface area contributed by atoms with E-state index in [0.717, 1.165) is 19.4 Å². The lowest BCUT2D eigenvalue weighted by molar-refractivity contribution is -0.0715. The summed E-state index contributed by atoms with van der Waals surface area (Å²) in [5, 5.41) is 0. The first-order valence-electron chi connectivity index (χ1n) is 13.1. The molecule has 186 valence electrons. The summed E-state index contributed by atoms with van der Waals surface area (Å²) < 4.78 is 27.5. The minimum atomic E-state index is -2.51. The van der Waals surface area contributed by atoms with E-state index < -0.39 is 8.25 Å². The molecule has 0 aromatic rings. The Hall–Kier alpha value is -0.0600. The minimum Gasteiger partial charge on any atom is -0.376 e. The van der Waals surface area contributed by atoms with Crippen molar-refractivity contribution in [3.8, 4) is 0 Å². The van der Waals surface area contributed by atoms with E-state index in [-0.39, 0.29) is 18.8 Å². The van der Waals surface area contributed by atoms with Crippen molar-refractivity contribution < 1.29 is 23.5 Å². The topological polar surface area (TPSA) is 65.0 Å². The van der Waals surface area contributed by atoms with Gasteiger partial charge in [0.25, 0.3) is 0 Å². The molecule has 0 fully saturated rings. The summed E-state index contributed by atoms with van der Waals surface area (Å²) >= 11 is 0. The molecule has 3 atom stereocenters. The van der Waals surface area contributed by atoms with Crippen LogP contribution in [-0.4, -0.2) is 36.9 Å². The highest BCUT2D eigenvalue weighted by Crippen LogP contribution is 2.18. The van der Waals surface area contributed by atoms with Crippen molar-refractivity contribution in [1.82, 2.24) is 0 Å².